The Bertz CT molecular complexity index is 1320. The Kier molecular flexibility index (Phi) is 8.03. The fourth-order valence-electron chi connectivity index (χ4n) is 3.89. The van der Waals surface area contributed by atoms with E-state index in [1.807, 2.05) is 42.2 Å². The Morgan fingerprint density at radius 2 is 1.70 bits per heavy atom. The number of alkyl halides is 3. The molecule has 4 aromatic rings. The zero-order chi connectivity index (χ0) is 26.4. The number of hydrogen-bond donors (Lipinski definition) is 1. The number of benzene rings is 3. The average molecular weight is 512 g/mol. The maximum absolute atomic E-state index is 13.2. The van der Waals surface area contributed by atoms with Gasteiger partial charge in [-0.25, -0.2) is 9.37 Å². The largest absolute Gasteiger partial charge is 0.447 e. The quantitative estimate of drug-likeness (QED) is 0.260. The monoisotopic (exact) mass is 511 g/mol. The van der Waals surface area contributed by atoms with Crippen LogP contribution in [0.4, 0.5) is 17.6 Å². The van der Waals surface area contributed by atoms with E-state index in [0.717, 1.165) is 23.3 Å². The van der Waals surface area contributed by atoms with Gasteiger partial charge in [-0.15, -0.1) is 0 Å². The molecule has 0 aliphatic rings. The molecule has 0 unspecified atom stereocenters. The fraction of sp³-hybridized carbons (Fsp3) is 0.214. The highest BCUT2D eigenvalue weighted by Crippen LogP contribution is 2.31. The first kappa shape index (κ1) is 26.1. The van der Waals surface area contributed by atoms with Crippen molar-refractivity contribution in [2.45, 2.75) is 38.8 Å². The van der Waals surface area contributed by atoms with Gasteiger partial charge in [0.15, 0.2) is 5.69 Å². The van der Waals surface area contributed by atoms with E-state index in [2.05, 4.69) is 10.3 Å². The van der Waals surface area contributed by atoms with E-state index < -0.39 is 17.6 Å². The van der Waals surface area contributed by atoms with Gasteiger partial charge in [0.1, 0.15) is 12.1 Å². The number of nitrogens with one attached hydrogen (secondary N) is 1. The summed E-state index contributed by atoms with van der Waals surface area (Å²) in [7, 11) is 0. The molecule has 9 heteroatoms. The lowest BCUT2D eigenvalue weighted by molar-refractivity contribution is -0.137. The normalized spacial score (nSPS) is 12.5. The first-order chi connectivity index (χ1) is 17.7. The van der Waals surface area contributed by atoms with Gasteiger partial charge in [0.05, 0.1) is 12.1 Å². The number of carbonyl (C=O) groups excluding carboxylic acids is 1. The molecule has 0 bridgehead atoms. The number of nitrogens with zero attached hydrogens (tertiary/aromatic N) is 2. The minimum absolute atomic E-state index is 0.0727. The molecule has 0 fully saturated rings. The zero-order valence-corrected chi connectivity index (χ0v) is 20.0. The predicted molar refractivity (Wildman–Crippen MR) is 130 cm³/mol. The summed E-state index contributed by atoms with van der Waals surface area (Å²) in [5.74, 6) is -0.572. The number of aromatic nitrogens is 1. The Balaban J connectivity index is 1.49. The number of amides is 1. The van der Waals surface area contributed by atoms with Crippen LogP contribution in [0, 0.1) is 5.82 Å². The molecule has 0 aliphatic carbocycles. The van der Waals surface area contributed by atoms with Crippen molar-refractivity contribution in [2.24, 2.45) is 0 Å². The third-order valence-corrected chi connectivity index (χ3v) is 5.96. The van der Waals surface area contributed by atoms with Gasteiger partial charge in [-0.05, 0) is 41.8 Å². The standard InChI is InChI=1S/C28H25F4N3O2/c1-19(22-7-3-2-4-8-22)35(16-21-6-5-9-23(14-21)28(30,31)32)17-26-34-25(18-37-26)27(36)33-15-20-10-12-24(29)13-11-20/h2-14,18-19H,15-17H2,1H3,(H,33,36)/t19-/m0/s1. The van der Waals surface area contributed by atoms with Crippen molar-refractivity contribution in [1.29, 1.82) is 0 Å². The first-order valence-corrected chi connectivity index (χ1v) is 11.6. The van der Waals surface area contributed by atoms with E-state index in [1.165, 1.54) is 24.5 Å². The molecule has 1 aromatic heterocycles. The minimum atomic E-state index is -4.44. The fourth-order valence-corrected chi connectivity index (χ4v) is 3.89. The van der Waals surface area contributed by atoms with E-state index in [1.54, 1.807) is 18.2 Å². The Labute approximate surface area is 211 Å². The highest BCUT2D eigenvalue weighted by atomic mass is 19.4. The molecule has 4 rings (SSSR count). The summed E-state index contributed by atoms with van der Waals surface area (Å²) in [6, 6.07) is 20.3. The second-order valence-corrected chi connectivity index (χ2v) is 8.63. The van der Waals surface area contributed by atoms with Gasteiger partial charge in [0.25, 0.3) is 5.91 Å². The molecule has 0 spiro atoms. The number of hydrogen-bond acceptors (Lipinski definition) is 4. The van der Waals surface area contributed by atoms with Crippen molar-refractivity contribution in [3.05, 3.63) is 125 Å². The van der Waals surface area contributed by atoms with Crippen LogP contribution in [0.1, 0.15) is 51.6 Å². The van der Waals surface area contributed by atoms with Crippen LogP contribution in [0.3, 0.4) is 0 Å². The van der Waals surface area contributed by atoms with Crippen LogP contribution in [-0.2, 0) is 25.8 Å². The summed E-state index contributed by atoms with van der Waals surface area (Å²) in [5, 5.41) is 2.71. The van der Waals surface area contributed by atoms with Gasteiger partial charge in [-0.2, -0.15) is 13.2 Å². The summed E-state index contributed by atoms with van der Waals surface area (Å²) in [5.41, 5.74) is 1.54. The number of oxazole rings is 1. The van der Waals surface area contributed by atoms with E-state index >= 15 is 0 Å². The summed E-state index contributed by atoms with van der Waals surface area (Å²) < 4.78 is 58.4. The van der Waals surface area contributed by atoms with Gasteiger partial charge >= 0.3 is 6.18 Å². The molecule has 1 amide bonds. The van der Waals surface area contributed by atoms with Crippen LogP contribution < -0.4 is 5.32 Å². The molecule has 3 aromatic carbocycles. The number of carbonyl (C=O) groups is 1. The van der Waals surface area contributed by atoms with Gasteiger partial charge in [0.2, 0.25) is 5.89 Å². The van der Waals surface area contributed by atoms with Crippen molar-refractivity contribution >= 4 is 5.91 Å². The SMILES string of the molecule is C[C@@H](c1ccccc1)N(Cc1cccc(C(F)(F)F)c1)Cc1nc(C(=O)NCc2ccc(F)cc2)co1. The van der Waals surface area contributed by atoms with Crippen molar-refractivity contribution in [2.75, 3.05) is 0 Å². The maximum atomic E-state index is 13.2. The van der Waals surface area contributed by atoms with Crippen LogP contribution in [0.2, 0.25) is 0 Å². The van der Waals surface area contributed by atoms with E-state index in [9.17, 15) is 22.4 Å². The first-order valence-electron chi connectivity index (χ1n) is 11.6. The van der Waals surface area contributed by atoms with Crippen LogP contribution in [0.25, 0.3) is 0 Å². The second-order valence-electron chi connectivity index (χ2n) is 8.63. The lowest BCUT2D eigenvalue weighted by atomic mass is 10.0. The highest BCUT2D eigenvalue weighted by molar-refractivity contribution is 5.91. The van der Waals surface area contributed by atoms with Crippen LogP contribution in [0.15, 0.2) is 89.5 Å². The number of halogens is 4. The predicted octanol–water partition coefficient (Wildman–Crippen LogP) is 6.53. The van der Waals surface area contributed by atoms with E-state index in [4.69, 9.17) is 4.42 Å². The molecule has 0 saturated carbocycles. The molecule has 0 saturated heterocycles. The molecule has 37 heavy (non-hydrogen) atoms. The summed E-state index contributed by atoms with van der Waals surface area (Å²) in [6.07, 6.45) is -3.20. The van der Waals surface area contributed by atoms with Crippen LogP contribution in [-0.4, -0.2) is 15.8 Å². The van der Waals surface area contributed by atoms with Crippen molar-refractivity contribution in [1.82, 2.24) is 15.2 Å². The molecular weight excluding hydrogens is 486 g/mol. The highest BCUT2D eigenvalue weighted by Gasteiger charge is 2.30. The molecule has 1 heterocycles. The third kappa shape index (κ3) is 7.04. The van der Waals surface area contributed by atoms with E-state index in [0.29, 0.717) is 5.56 Å². The van der Waals surface area contributed by atoms with Gasteiger partial charge < -0.3 is 9.73 Å². The summed E-state index contributed by atoms with van der Waals surface area (Å²) >= 11 is 0. The topological polar surface area (TPSA) is 58.4 Å². The summed E-state index contributed by atoms with van der Waals surface area (Å²) in [4.78, 5) is 18.8. The van der Waals surface area contributed by atoms with Crippen LogP contribution >= 0.6 is 0 Å². The van der Waals surface area contributed by atoms with Crippen molar-refractivity contribution < 1.29 is 26.8 Å². The molecule has 192 valence electrons. The Morgan fingerprint density at radius 3 is 2.41 bits per heavy atom. The molecule has 1 atom stereocenters. The maximum Gasteiger partial charge on any atom is 0.416 e. The zero-order valence-electron chi connectivity index (χ0n) is 20.0. The van der Waals surface area contributed by atoms with Gasteiger partial charge in [0, 0.05) is 19.1 Å². The third-order valence-electron chi connectivity index (χ3n) is 5.96. The lowest BCUT2D eigenvalue weighted by Gasteiger charge is -2.28. The molecular formula is C28H25F4N3O2. The van der Waals surface area contributed by atoms with Crippen molar-refractivity contribution in [3.63, 3.8) is 0 Å². The second kappa shape index (κ2) is 11.4. The Morgan fingerprint density at radius 1 is 0.973 bits per heavy atom. The number of rotatable bonds is 9. The van der Waals surface area contributed by atoms with Gasteiger partial charge in [-0.3, -0.25) is 9.69 Å². The van der Waals surface area contributed by atoms with Crippen molar-refractivity contribution in [3.8, 4) is 0 Å². The summed E-state index contributed by atoms with van der Waals surface area (Å²) in [6.45, 7) is 2.50. The molecule has 1 N–H and O–H groups in total. The molecule has 0 aliphatic heterocycles. The molecule has 0 radical (unpaired) electrons. The van der Waals surface area contributed by atoms with Gasteiger partial charge in [-0.1, -0.05) is 60.7 Å². The molecule has 5 nitrogen and oxygen atoms in total. The lowest BCUT2D eigenvalue weighted by Crippen LogP contribution is -2.27. The van der Waals surface area contributed by atoms with Crippen LogP contribution in [0.5, 0.6) is 0 Å². The Hall–Kier alpha value is -3.98. The average Bonchev–Trinajstić information content (AvgIpc) is 3.36. The minimum Gasteiger partial charge on any atom is -0.447 e. The smallest absolute Gasteiger partial charge is 0.416 e. The van der Waals surface area contributed by atoms with E-state index in [-0.39, 0.29) is 43.1 Å².